The number of rotatable bonds is 4. The molecule has 13 heavy (non-hydrogen) atoms. The van der Waals surface area contributed by atoms with Gasteiger partial charge in [-0.05, 0) is 37.6 Å². The van der Waals surface area contributed by atoms with E-state index >= 15 is 0 Å². The number of ether oxygens (including phenoxy) is 1. The minimum absolute atomic E-state index is 0.311. The summed E-state index contributed by atoms with van der Waals surface area (Å²) in [5.41, 5.74) is 0. The van der Waals surface area contributed by atoms with Gasteiger partial charge in [0.05, 0.1) is 6.10 Å². The third-order valence-electron chi connectivity index (χ3n) is 1.85. The fourth-order valence-corrected chi connectivity index (χ4v) is 1.48. The van der Waals surface area contributed by atoms with Gasteiger partial charge in [0.2, 0.25) is 0 Å². The van der Waals surface area contributed by atoms with Crippen molar-refractivity contribution in [1.29, 1.82) is 0 Å². The van der Waals surface area contributed by atoms with Gasteiger partial charge < -0.3 is 4.74 Å². The zero-order valence-corrected chi connectivity index (χ0v) is 9.67. The molecule has 1 aromatic carbocycles. The molecule has 0 spiro atoms. The maximum absolute atomic E-state index is 5.69. The lowest BCUT2D eigenvalue weighted by atomic mass is 10.2. The SMILES string of the molecule is CCCC(C)Oc1ccc(Br)cc1. The third-order valence-corrected chi connectivity index (χ3v) is 2.37. The lowest BCUT2D eigenvalue weighted by molar-refractivity contribution is 0.210. The predicted octanol–water partition coefficient (Wildman–Crippen LogP) is 4.02. The molecule has 0 aliphatic carbocycles. The summed E-state index contributed by atoms with van der Waals surface area (Å²) in [7, 11) is 0. The van der Waals surface area contributed by atoms with Gasteiger partial charge in [0, 0.05) is 4.47 Å². The summed E-state index contributed by atoms with van der Waals surface area (Å²) >= 11 is 3.39. The van der Waals surface area contributed by atoms with Gasteiger partial charge in [-0.25, -0.2) is 0 Å². The van der Waals surface area contributed by atoms with Gasteiger partial charge in [0.1, 0.15) is 5.75 Å². The Bertz CT molecular complexity index is 243. The molecule has 1 atom stereocenters. The predicted molar refractivity (Wildman–Crippen MR) is 59.1 cm³/mol. The summed E-state index contributed by atoms with van der Waals surface area (Å²) in [6.45, 7) is 4.27. The first-order valence-electron chi connectivity index (χ1n) is 4.64. The average molecular weight is 243 g/mol. The van der Waals surface area contributed by atoms with Crippen molar-refractivity contribution in [3.05, 3.63) is 28.7 Å². The summed E-state index contributed by atoms with van der Waals surface area (Å²) < 4.78 is 6.77. The molecule has 0 aliphatic rings. The largest absolute Gasteiger partial charge is 0.491 e. The van der Waals surface area contributed by atoms with E-state index in [1.165, 1.54) is 0 Å². The van der Waals surface area contributed by atoms with Crippen molar-refractivity contribution in [2.24, 2.45) is 0 Å². The van der Waals surface area contributed by atoms with E-state index in [0.29, 0.717) is 6.10 Å². The molecule has 0 fully saturated rings. The Morgan fingerprint density at radius 3 is 2.46 bits per heavy atom. The van der Waals surface area contributed by atoms with E-state index in [9.17, 15) is 0 Å². The highest BCUT2D eigenvalue weighted by molar-refractivity contribution is 9.10. The maximum atomic E-state index is 5.69. The van der Waals surface area contributed by atoms with Crippen LogP contribution in [0.2, 0.25) is 0 Å². The quantitative estimate of drug-likeness (QED) is 0.776. The van der Waals surface area contributed by atoms with Crippen LogP contribution in [-0.2, 0) is 0 Å². The molecule has 0 heterocycles. The molecule has 1 unspecified atom stereocenters. The van der Waals surface area contributed by atoms with Crippen LogP contribution in [0.3, 0.4) is 0 Å². The Hall–Kier alpha value is -0.500. The van der Waals surface area contributed by atoms with Crippen LogP contribution in [0.5, 0.6) is 5.75 Å². The van der Waals surface area contributed by atoms with Crippen LogP contribution in [-0.4, -0.2) is 6.10 Å². The molecule has 2 heteroatoms. The Labute approximate surface area is 88.2 Å². The van der Waals surface area contributed by atoms with Gasteiger partial charge in [-0.3, -0.25) is 0 Å². The van der Waals surface area contributed by atoms with Gasteiger partial charge in [-0.2, -0.15) is 0 Å². The van der Waals surface area contributed by atoms with E-state index < -0.39 is 0 Å². The Kier molecular flexibility index (Phi) is 4.29. The van der Waals surface area contributed by atoms with Gasteiger partial charge in [-0.15, -0.1) is 0 Å². The Balaban J connectivity index is 2.49. The molecule has 0 aliphatic heterocycles. The first-order chi connectivity index (χ1) is 6.22. The smallest absolute Gasteiger partial charge is 0.119 e. The van der Waals surface area contributed by atoms with Crippen LogP contribution in [0.4, 0.5) is 0 Å². The number of hydrogen-bond donors (Lipinski definition) is 0. The topological polar surface area (TPSA) is 9.23 Å². The average Bonchev–Trinajstić information content (AvgIpc) is 2.09. The molecule has 0 N–H and O–H groups in total. The number of benzene rings is 1. The minimum atomic E-state index is 0.311. The Morgan fingerprint density at radius 1 is 1.31 bits per heavy atom. The molecule has 1 aromatic rings. The molecule has 1 nitrogen and oxygen atoms in total. The van der Waals surface area contributed by atoms with Gasteiger partial charge in [-0.1, -0.05) is 29.3 Å². The highest BCUT2D eigenvalue weighted by atomic mass is 79.9. The molecular weight excluding hydrogens is 228 g/mol. The first-order valence-corrected chi connectivity index (χ1v) is 5.44. The molecular formula is C11H15BrO. The fourth-order valence-electron chi connectivity index (χ4n) is 1.21. The maximum Gasteiger partial charge on any atom is 0.119 e. The van der Waals surface area contributed by atoms with Gasteiger partial charge in [0.15, 0.2) is 0 Å². The molecule has 0 bridgehead atoms. The first kappa shape index (κ1) is 10.6. The molecule has 0 saturated heterocycles. The standard InChI is InChI=1S/C11H15BrO/c1-3-4-9(2)13-11-7-5-10(12)6-8-11/h5-9H,3-4H2,1-2H3. The normalized spacial score (nSPS) is 12.5. The molecule has 0 amide bonds. The van der Waals surface area contributed by atoms with Crippen molar-refractivity contribution < 1.29 is 4.74 Å². The Morgan fingerprint density at radius 2 is 1.92 bits per heavy atom. The van der Waals surface area contributed by atoms with Crippen LogP contribution < -0.4 is 4.74 Å². The summed E-state index contributed by atoms with van der Waals surface area (Å²) in [6.07, 6.45) is 2.58. The highest BCUT2D eigenvalue weighted by Gasteiger charge is 2.01. The lowest BCUT2D eigenvalue weighted by Gasteiger charge is -2.13. The van der Waals surface area contributed by atoms with Crippen molar-refractivity contribution in [3.8, 4) is 5.75 Å². The summed E-state index contributed by atoms with van der Waals surface area (Å²) in [5.74, 6) is 0.948. The van der Waals surface area contributed by atoms with Crippen molar-refractivity contribution in [3.63, 3.8) is 0 Å². The second-order valence-corrected chi connectivity index (χ2v) is 4.09. The summed E-state index contributed by atoms with van der Waals surface area (Å²) in [5, 5.41) is 0. The molecule has 0 aromatic heterocycles. The van der Waals surface area contributed by atoms with Gasteiger partial charge in [0.25, 0.3) is 0 Å². The zero-order chi connectivity index (χ0) is 9.68. The van der Waals surface area contributed by atoms with E-state index in [1.807, 2.05) is 24.3 Å². The number of hydrogen-bond acceptors (Lipinski definition) is 1. The van der Waals surface area contributed by atoms with Crippen LogP contribution in [0.15, 0.2) is 28.7 Å². The van der Waals surface area contributed by atoms with Crippen molar-refractivity contribution >= 4 is 15.9 Å². The molecule has 0 radical (unpaired) electrons. The second kappa shape index (κ2) is 5.28. The van der Waals surface area contributed by atoms with Crippen molar-refractivity contribution in [1.82, 2.24) is 0 Å². The number of halogens is 1. The molecule has 72 valence electrons. The van der Waals surface area contributed by atoms with Crippen LogP contribution in [0, 0.1) is 0 Å². The van der Waals surface area contributed by atoms with Crippen molar-refractivity contribution in [2.45, 2.75) is 32.8 Å². The van der Waals surface area contributed by atoms with E-state index in [0.717, 1.165) is 23.1 Å². The van der Waals surface area contributed by atoms with Crippen molar-refractivity contribution in [2.75, 3.05) is 0 Å². The van der Waals surface area contributed by atoms with Gasteiger partial charge >= 0.3 is 0 Å². The lowest BCUT2D eigenvalue weighted by Crippen LogP contribution is -2.10. The van der Waals surface area contributed by atoms with E-state index in [1.54, 1.807) is 0 Å². The minimum Gasteiger partial charge on any atom is -0.491 e. The molecule has 1 rings (SSSR count). The fraction of sp³-hybridized carbons (Fsp3) is 0.455. The van der Waals surface area contributed by atoms with Crippen LogP contribution in [0.1, 0.15) is 26.7 Å². The summed E-state index contributed by atoms with van der Waals surface area (Å²) in [6, 6.07) is 7.95. The van der Waals surface area contributed by atoms with E-state index in [2.05, 4.69) is 29.8 Å². The summed E-state index contributed by atoms with van der Waals surface area (Å²) in [4.78, 5) is 0. The third kappa shape index (κ3) is 3.81. The van der Waals surface area contributed by atoms with E-state index in [-0.39, 0.29) is 0 Å². The van der Waals surface area contributed by atoms with E-state index in [4.69, 9.17) is 4.74 Å². The van der Waals surface area contributed by atoms with Crippen LogP contribution in [0.25, 0.3) is 0 Å². The highest BCUT2D eigenvalue weighted by Crippen LogP contribution is 2.18. The monoisotopic (exact) mass is 242 g/mol. The molecule has 0 saturated carbocycles. The van der Waals surface area contributed by atoms with Crippen LogP contribution >= 0.6 is 15.9 Å². The second-order valence-electron chi connectivity index (χ2n) is 3.17. The zero-order valence-electron chi connectivity index (χ0n) is 8.09.